The van der Waals surface area contributed by atoms with Crippen LogP contribution in [0.15, 0.2) is 42.7 Å². The summed E-state index contributed by atoms with van der Waals surface area (Å²) in [6.07, 6.45) is 3.13. The first-order valence-corrected chi connectivity index (χ1v) is 10.6. The minimum absolute atomic E-state index is 0.0116. The number of pyridine rings is 1. The highest BCUT2D eigenvalue weighted by Gasteiger charge is 2.23. The zero-order chi connectivity index (χ0) is 22.5. The summed E-state index contributed by atoms with van der Waals surface area (Å²) in [4.78, 5) is 29.4. The van der Waals surface area contributed by atoms with Crippen molar-refractivity contribution in [2.75, 3.05) is 58.9 Å². The van der Waals surface area contributed by atoms with Gasteiger partial charge in [-0.1, -0.05) is 12.1 Å². The fraction of sp³-hybridized carbons (Fsp3) is 0.391. The number of carbonyl (C=O) groups excluding carboxylic acids is 1. The van der Waals surface area contributed by atoms with Crippen molar-refractivity contribution in [1.82, 2.24) is 25.2 Å². The molecule has 3 aromatic rings. The van der Waals surface area contributed by atoms with Crippen molar-refractivity contribution in [3.05, 3.63) is 42.7 Å². The number of carbonyl (C=O) groups is 1. The Kier molecular flexibility index (Phi) is 6.77. The minimum Gasteiger partial charge on any atom is -0.473 e. The van der Waals surface area contributed by atoms with Crippen molar-refractivity contribution >= 4 is 22.6 Å². The van der Waals surface area contributed by atoms with Gasteiger partial charge in [-0.15, -0.1) is 0 Å². The first-order valence-electron chi connectivity index (χ1n) is 10.6. The minimum atomic E-state index is -0.162. The molecule has 168 valence electrons. The Labute approximate surface area is 187 Å². The molecule has 1 aliphatic heterocycles. The lowest BCUT2D eigenvalue weighted by molar-refractivity contribution is -0.124. The van der Waals surface area contributed by atoms with Crippen molar-refractivity contribution in [2.24, 2.45) is 0 Å². The summed E-state index contributed by atoms with van der Waals surface area (Å²) in [5.74, 6) is 0.414. The molecule has 0 spiro atoms. The van der Waals surface area contributed by atoms with E-state index in [1.807, 2.05) is 32.3 Å². The maximum absolute atomic E-state index is 11.7. The maximum Gasteiger partial charge on any atom is 0.242 e. The fourth-order valence-corrected chi connectivity index (χ4v) is 3.60. The van der Waals surface area contributed by atoms with Crippen molar-refractivity contribution in [3.63, 3.8) is 0 Å². The number of hydrogen-bond donors (Lipinski definition) is 1. The van der Waals surface area contributed by atoms with Gasteiger partial charge in [0.05, 0.1) is 24.4 Å². The van der Waals surface area contributed by atoms with Gasteiger partial charge in [-0.3, -0.25) is 14.7 Å². The largest absolute Gasteiger partial charge is 0.473 e. The predicted octanol–water partition coefficient (Wildman–Crippen LogP) is 1.58. The Bertz CT molecular complexity index is 1070. The highest BCUT2D eigenvalue weighted by Crippen LogP contribution is 2.28. The van der Waals surface area contributed by atoms with E-state index in [-0.39, 0.29) is 12.0 Å². The van der Waals surface area contributed by atoms with E-state index in [0.717, 1.165) is 29.0 Å². The van der Waals surface area contributed by atoms with Crippen LogP contribution in [0.2, 0.25) is 0 Å². The Morgan fingerprint density at radius 1 is 1.25 bits per heavy atom. The van der Waals surface area contributed by atoms with Crippen molar-refractivity contribution < 1.29 is 14.3 Å². The molecule has 9 heteroatoms. The highest BCUT2D eigenvalue weighted by molar-refractivity contribution is 5.83. The molecule has 0 aliphatic carbocycles. The number of fused-ring (bicyclic) bond motifs is 1. The van der Waals surface area contributed by atoms with E-state index in [9.17, 15) is 4.79 Å². The normalized spacial score (nSPS) is 16.7. The molecule has 4 rings (SSSR count). The van der Waals surface area contributed by atoms with Gasteiger partial charge in [-0.25, -0.2) is 9.97 Å². The average molecular weight is 437 g/mol. The molecular weight excluding hydrogens is 408 g/mol. The number of nitrogens with one attached hydrogen (secondary N) is 1. The van der Waals surface area contributed by atoms with Gasteiger partial charge in [0.2, 0.25) is 11.8 Å². The van der Waals surface area contributed by atoms with E-state index >= 15 is 0 Å². The topological polar surface area (TPSA) is 92.7 Å². The molecule has 1 N–H and O–H groups in total. The highest BCUT2D eigenvalue weighted by atomic mass is 16.5. The summed E-state index contributed by atoms with van der Waals surface area (Å²) < 4.78 is 11.9. The molecule has 0 bridgehead atoms. The molecule has 0 saturated carbocycles. The molecule has 3 heterocycles. The lowest BCUT2D eigenvalue weighted by Crippen LogP contribution is -2.48. The lowest BCUT2D eigenvalue weighted by atomic mass is 10.1. The summed E-state index contributed by atoms with van der Waals surface area (Å²) in [5, 5.41) is 2.66. The number of ether oxygens (including phenoxy) is 2. The molecule has 2 aromatic heterocycles. The van der Waals surface area contributed by atoms with E-state index in [0.29, 0.717) is 37.7 Å². The molecule has 1 fully saturated rings. The van der Waals surface area contributed by atoms with Crippen LogP contribution in [0, 0.1) is 0 Å². The number of hydrogen-bond acceptors (Lipinski definition) is 8. The Balaban J connectivity index is 1.53. The summed E-state index contributed by atoms with van der Waals surface area (Å²) in [6, 6.07) is 10.1. The molecule has 1 atom stereocenters. The molecule has 1 aromatic carbocycles. The SMILES string of the molecule is CNC(=O)CN1CCO[C@H](COc2nc(-c3ccc(N(C)C)cc3)cc3nccnc23)C1. The smallest absolute Gasteiger partial charge is 0.242 e. The number of benzene rings is 1. The molecule has 0 radical (unpaired) electrons. The molecule has 0 unspecified atom stereocenters. The standard InChI is InChI=1S/C23H28N6O3/c1-24-21(30)14-29-10-11-31-18(13-29)15-32-23-22-20(25-8-9-26-22)12-19(27-23)16-4-6-17(7-5-16)28(2)3/h4-9,12,18H,10-11,13-15H2,1-3H3,(H,24,30)/t18-/m0/s1. The van der Waals surface area contributed by atoms with Crippen molar-refractivity contribution in [3.8, 4) is 17.1 Å². The monoisotopic (exact) mass is 436 g/mol. The fourth-order valence-electron chi connectivity index (χ4n) is 3.60. The molecular formula is C23H28N6O3. The third-order valence-corrected chi connectivity index (χ3v) is 5.38. The molecule has 32 heavy (non-hydrogen) atoms. The Morgan fingerprint density at radius 3 is 2.78 bits per heavy atom. The predicted molar refractivity (Wildman–Crippen MR) is 123 cm³/mol. The lowest BCUT2D eigenvalue weighted by Gasteiger charge is -2.32. The number of anilines is 1. The Hall–Kier alpha value is -3.30. The Morgan fingerprint density at radius 2 is 2.03 bits per heavy atom. The van der Waals surface area contributed by atoms with Crippen LogP contribution in [-0.4, -0.2) is 85.9 Å². The first-order chi connectivity index (χ1) is 15.5. The maximum atomic E-state index is 11.7. The molecule has 1 amide bonds. The second-order valence-electron chi connectivity index (χ2n) is 7.89. The summed E-state index contributed by atoms with van der Waals surface area (Å²) in [6.45, 7) is 2.54. The van der Waals surface area contributed by atoms with Gasteiger partial charge in [0.25, 0.3) is 0 Å². The van der Waals surface area contributed by atoms with Crippen LogP contribution in [0.25, 0.3) is 22.3 Å². The van der Waals surface area contributed by atoms with E-state index in [2.05, 4.69) is 37.2 Å². The van der Waals surface area contributed by atoms with Gasteiger partial charge in [0, 0.05) is 57.9 Å². The van der Waals surface area contributed by atoms with E-state index in [4.69, 9.17) is 14.5 Å². The van der Waals surface area contributed by atoms with E-state index in [1.165, 1.54) is 0 Å². The summed E-state index contributed by atoms with van der Waals surface area (Å²) in [7, 11) is 5.66. The van der Waals surface area contributed by atoms with Crippen LogP contribution >= 0.6 is 0 Å². The molecule has 1 saturated heterocycles. The van der Waals surface area contributed by atoms with E-state index in [1.54, 1.807) is 19.4 Å². The van der Waals surface area contributed by atoms with Crippen LogP contribution in [0.4, 0.5) is 5.69 Å². The molecule has 9 nitrogen and oxygen atoms in total. The van der Waals surface area contributed by atoms with Crippen LogP contribution in [0.1, 0.15) is 0 Å². The second kappa shape index (κ2) is 9.88. The molecule has 1 aliphatic rings. The van der Waals surface area contributed by atoms with Gasteiger partial charge in [0.15, 0.2) is 5.52 Å². The summed E-state index contributed by atoms with van der Waals surface area (Å²) >= 11 is 0. The van der Waals surface area contributed by atoms with Crippen molar-refractivity contribution in [1.29, 1.82) is 0 Å². The van der Waals surface area contributed by atoms with Crippen LogP contribution < -0.4 is 15.0 Å². The second-order valence-corrected chi connectivity index (χ2v) is 7.89. The van der Waals surface area contributed by atoms with Crippen molar-refractivity contribution in [2.45, 2.75) is 6.10 Å². The van der Waals surface area contributed by atoms with Crippen LogP contribution in [0.3, 0.4) is 0 Å². The van der Waals surface area contributed by atoms with Gasteiger partial charge >= 0.3 is 0 Å². The zero-order valence-corrected chi connectivity index (χ0v) is 18.6. The van der Waals surface area contributed by atoms with Crippen LogP contribution in [-0.2, 0) is 9.53 Å². The number of amides is 1. The number of rotatable bonds is 7. The number of morpholine rings is 1. The van der Waals surface area contributed by atoms with Gasteiger partial charge in [0.1, 0.15) is 12.7 Å². The quantitative estimate of drug-likeness (QED) is 0.597. The van der Waals surface area contributed by atoms with Gasteiger partial charge in [-0.05, 0) is 18.2 Å². The average Bonchev–Trinajstić information content (AvgIpc) is 2.82. The zero-order valence-electron chi connectivity index (χ0n) is 18.6. The third kappa shape index (κ3) is 5.12. The van der Waals surface area contributed by atoms with Gasteiger partial charge in [-0.2, -0.15) is 0 Å². The summed E-state index contributed by atoms with van der Waals surface area (Å²) in [5.41, 5.74) is 4.18. The number of aromatic nitrogens is 3. The van der Waals surface area contributed by atoms with Gasteiger partial charge < -0.3 is 19.7 Å². The van der Waals surface area contributed by atoms with E-state index < -0.39 is 0 Å². The number of likely N-dealkylation sites (N-methyl/N-ethyl adjacent to an activating group) is 1. The number of nitrogens with zero attached hydrogens (tertiary/aromatic N) is 5. The van der Waals surface area contributed by atoms with Crippen LogP contribution in [0.5, 0.6) is 5.88 Å². The first kappa shape index (κ1) is 21.9. The third-order valence-electron chi connectivity index (χ3n) is 5.38.